The van der Waals surface area contributed by atoms with E-state index in [1.165, 1.54) is 18.3 Å². The molecule has 7 heteroatoms. The number of hydrogen-bond acceptors (Lipinski definition) is 5. The van der Waals surface area contributed by atoms with Gasteiger partial charge < -0.3 is 13.9 Å². The summed E-state index contributed by atoms with van der Waals surface area (Å²) in [6, 6.07) is 20.4. The molecule has 1 heterocycles. The average Bonchev–Trinajstić information content (AvgIpc) is 3.22. The lowest BCUT2D eigenvalue weighted by molar-refractivity contribution is 0.0929. The number of benzene rings is 3. The van der Waals surface area contributed by atoms with E-state index in [1.54, 1.807) is 42.5 Å². The molecule has 0 aliphatic rings. The van der Waals surface area contributed by atoms with Gasteiger partial charge in [-0.05, 0) is 61.0 Å². The van der Waals surface area contributed by atoms with Crippen molar-refractivity contribution < 1.29 is 23.1 Å². The number of amides is 1. The number of rotatable bonds is 8. The van der Waals surface area contributed by atoms with Gasteiger partial charge in [0.05, 0.1) is 12.8 Å². The quantitative estimate of drug-likeness (QED) is 0.302. The lowest BCUT2D eigenvalue weighted by Gasteiger charge is -2.09. The number of ether oxygens (including phenoxy) is 2. The summed E-state index contributed by atoms with van der Waals surface area (Å²) in [6.07, 6.45) is 1.48. The van der Waals surface area contributed by atoms with Crippen LogP contribution in [0.4, 0.5) is 4.39 Å². The first-order valence-corrected chi connectivity index (χ1v) is 10.1. The molecule has 1 amide bonds. The van der Waals surface area contributed by atoms with E-state index in [9.17, 15) is 9.18 Å². The van der Waals surface area contributed by atoms with Gasteiger partial charge in [-0.2, -0.15) is 5.10 Å². The molecule has 0 spiro atoms. The van der Waals surface area contributed by atoms with Crippen LogP contribution in [-0.2, 0) is 6.61 Å². The highest BCUT2D eigenvalue weighted by molar-refractivity contribution is 5.97. The minimum Gasteiger partial charge on any atom is -0.494 e. The van der Waals surface area contributed by atoms with Gasteiger partial charge in [-0.25, -0.2) is 9.82 Å². The monoisotopic (exact) mass is 432 g/mol. The number of carbonyl (C=O) groups is 1. The van der Waals surface area contributed by atoms with Crippen LogP contribution < -0.4 is 14.9 Å². The van der Waals surface area contributed by atoms with Crippen molar-refractivity contribution in [3.8, 4) is 11.5 Å². The second kappa shape index (κ2) is 9.78. The average molecular weight is 432 g/mol. The number of para-hydroxylation sites is 1. The van der Waals surface area contributed by atoms with Crippen molar-refractivity contribution in [1.82, 2.24) is 5.43 Å². The Balaban J connectivity index is 1.41. The second-order valence-electron chi connectivity index (χ2n) is 6.90. The molecule has 4 rings (SSSR count). The van der Waals surface area contributed by atoms with Crippen LogP contribution in [0.15, 0.2) is 82.3 Å². The molecule has 0 saturated heterocycles. The molecule has 0 radical (unpaired) electrons. The summed E-state index contributed by atoms with van der Waals surface area (Å²) in [6.45, 7) is 2.66. The number of furan rings is 1. The van der Waals surface area contributed by atoms with Crippen molar-refractivity contribution in [2.75, 3.05) is 6.61 Å². The van der Waals surface area contributed by atoms with Crippen molar-refractivity contribution in [3.63, 3.8) is 0 Å². The second-order valence-corrected chi connectivity index (χ2v) is 6.90. The Morgan fingerprint density at radius 3 is 2.78 bits per heavy atom. The lowest BCUT2D eigenvalue weighted by Crippen LogP contribution is -2.16. The maximum Gasteiger partial charge on any atom is 0.307 e. The molecule has 4 aromatic rings. The molecule has 0 aliphatic carbocycles. The first-order valence-electron chi connectivity index (χ1n) is 10.1. The highest BCUT2D eigenvalue weighted by atomic mass is 19.1. The van der Waals surface area contributed by atoms with E-state index in [-0.39, 0.29) is 18.2 Å². The predicted octanol–water partition coefficient (Wildman–Crippen LogP) is 5.31. The van der Waals surface area contributed by atoms with Crippen LogP contribution in [0, 0.1) is 5.82 Å². The molecule has 0 fully saturated rings. The minimum absolute atomic E-state index is 0.140. The first-order chi connectivity index (χ1) is 15.6. The fourth-order valence-corrected chi connectivity index (χ4v) is 3.11. The maximum atomic E-state index is 13.3. The third-order valence-corrected chi connectivity index (χ3v) is 4.59. The predicted molar refractivity (Wildman–Crippen MR) is 120 cm³/mol. The van der Waals surface area contributed by atoms with Gasteiger partial charge in [0.2, 0.25) is 0 Å². The topological polar surface area (TPSA) is 73.1 Å². The maximum absolute atomic E-state index is 13.3. The van der Waals surface area contributed by atoms with Gasteiger partial charge in [0.15, 0.2) is 5.76 Å². The molecule has 6 nitrogen and oxygen atoms in total. The highest BCUT2D eigenvalue weighted by Crippen LogP contribution is 2.24. The van der Waals surface area contributed by atoms with Crippen molar-refractivity contribution in [3.05, 3.63) is 95.5 Å². The molecule has 0 aliphatic heterocycles. The molecular formula is C25H21FN2O4. The Hall–Kier alpha value is -4.13. The summed E-state index contributed by atoms with van der Waals surface area (Å²) >= 11 is 0. The van der Waals surface area contributed by atoms with Crippen molar-refractivity contribution in [2.45, 2.75) is 13.5 Å². The van der Waals surface area contributed by atoms with Crippen LogP contribution in [0.5, 0.6) is 11.5 Å². The molecule has 0 atom stereocenters. The van der Waals surface area contributed by atoms with Crippen LogP contribution >= 0.6 is 0 Å². The van der Waals surface area contributed by atoms with Gasteiger partial charge in [0.25, 0.3) is 0 Å². The number of nitrogens with one attached hydrogen (secondary N) is 1. The number of carbonyl (C=O) groups excluding carboxylic acids is 1. The molecule has 0 unspecified atom stereocenters. The van der Waals surface area contributed by atoms with Crippen LogP contribution in [-0.4, -0.2) is 18.7 Å². The molecule has 3 aromatic carbocycles. The fraction of sp³-hybridized carbons (Fsp3) is 0.120. The van der Waals surface area contributed by atoms with Crippen molar-refractivity contribution in [2.24, 2.45) is 5.10 Å². The largest absolute Gasteiger partial charge is 0.494 e. The van der Waals surface area contributed by atoms with Gasteiger partial charge >= 0.3 is 5.91 Å². The van der Waals surface area contributed by atoms with E-state index < -0.39 is 5.91 Å². The van der Waals surface area contributed by atoms with Crippen LogP contribution in [0.3, 0.4) is 0 Å². The zero-order valence-electron chi connectivity index (χ0n) is 17.4. The smallest absolute Gasteiger partial charge is 0.307 e. The first kappa shape index (κ1) is 21.1. The van der Waals surface area contributed by atoms with Gasteiger partial charge in [-0.3, -0.25) is 4.79 Å². The lowest BCUT2D eigenvalue weighted by atomic mass is 10.2. The summed E-state index contributed by atoms with van der Waals surface area (Å²) in [5.74, 6) is 0.612. The third-order valence-electron chi connectivity index (χ3n) is 4.59. The summed E-state index contributed by atoms with van der Waals surface area (Å²) in [7, 11) is 0. The zero-order chi connectivity index (χ0) is 22.3. The number of halogens is 1. The Kier molecular flexibility index (Phi) is 6.46. The van der Waals surface area contributed by atoms with Crippen LogP contribution in [0.25, 0.3) is 11.0 Å². The molecule has 0 saturated carbocycles. The Bertz CT molecular complexity index is 1270. The van der Waals surface area contributed by atoms with E-state index in [4.69, 9.17) is 13.9 Å². The normalized spacial score (nSPS) is 11.1. The number of hydrogen-bond donors (Lipinski definition) is 1. The highest BCUT2D eigenvalue weighted by Gasteiger charge is 2.12. The van der Waals surface area contributed by atoms with Crippen LogP contribution in [0.1, 0.15) is 28.6 Å². The van der Waals surface area contributed by atoms with E-state index >= 15 is 0 Å². The van der Waals surface area contributed by atoms with Gasteiger partial charge in [0, 0.05) is 10.9 Å². The number of nitrogens with zero attached hydrogens (tertiary/aromatic N) is 1. The molecule has 162 valence electrons. The Morgan fingerprint density at radius 1 is 1.06 bits per heavy atom. The molecular weight excluding hydrogens is 411 g/mol. The zero-order valence-corrected chi connectivity index (χ0v) is 17.4. The van der Waals surface area contributed by atoms with E-state index in [1.807, 2.05) is 25.1 Å². The van der Waals surface area contributed by atoms with Crippen LogP contribution in [0.2, 0.25) is 0 Å². The Morgan fingerprint density at radius 2 is 1.94 bits per heavy atom. The summed E-state index contributed by atoms with van der Waals surface area (Å²) < 4.78 is 30.2. The van der Waals surface area contributed by atoms with Gasteiger partial charge in [0.1, 0.15) is 29.5 Å². The number of fused-ring (bicyclic) bond motifs is 1. The van der Waals surface area contributed by atoms with Gasteiger partial charge in [-0.1, -0.05) is 24.3 Å². The molecule has 1 N–H and O–H groups in total. The summed E-state index contributed by atoms with van der Waals surface area (Å²) in [4.78, 5) is 12.4. The molecule has 0 bridgehead atoms. The fourth-order valence-electron chi connectivity index (χ4n) is 3.11. The Labute approximate surface area is 184 Å². The SMILES string of the molecule is CCOc1ccc2oc(C(=O)N/N=C/c3ccccc3OCc3cccc(F)c3)cc2c1. The van der Waals surface area contributed by atoms with E-state index in [0.717, 1.165) is 5.39 Å². The van der Waals surface area contributed by atoms with Crippen molar-refractivity contribution >= 4 is 23.1 Å². The van der Waals surface area contributed by atoms with Gasteiger partial charge in [-0.15, -0.1) is 0 Å². The molecule has 32 heavy (non-hydrogen) atoms. The van der Waals surface area contributed by atoms with E-state index in [2.05, 4.69) is 10.5 Å². The summed E-state index contributed by atoms with van der Waals surface area (Å²) in [5, 5.41) is 4.78. The molecule has 1 aromatic heterocycles. The third kappa shape index (κ3) is 5.13. The van der Waals surface area contributed by atoms with Crippen molar-refractivity contribution in [1.29, 1.82) is 0 Å². The standard InChI is InChI=1S/C25H21FN2O4/c1-2-30-21-10-11-23-19(13-21)14-24(32-23)25(29)28-27-15-18-7-3-4-9-22(18)31-16-17-6-5-8-20(26)12-17/h3-15H,2,16H2,1H3,(H,28,29)/b27-15+. The summed E-state index contributed by atoms with van der Waals surface area (Å²) in [5.41, 5.74) is 4.41. The van der Waals surface area contributed by atoms with E-state index in [0.29, 0.717) is 34.8 Å². The number of hydrazone groups is 1. The minimum atomic E-state index is -0.478.